The maximum absolute atomic E-state index is 12.5. The van der Waals surface area contributed by atoms with Crippen molar-refractivity contribution in [2.24, 2.45) is 0 Å². The first kappa shape index (κ1) is 13.1. The van der Waals surface area contributed by atoms with E-state index in [0.717, 1.165) is 5.56 Å². The second-order valence-electron chi connectivity index (χ2n) is 3.69. The van der Waals surface area contributed by atoms with Crippen molar-refractivity contribution < 1.29 is 13.2 Å². The summed E-state index contributed by atoms with van der Waals surface area (Å²) in [5.74, 6) is -0.225. The molecule has 19 heavy (non-hydrogen) atoms. The zero-order chi connectivity index (χ0) is 13.9. The van der Waals surface area contributed by atoms with Crippen LogP contribution in [0.1, 0.15) is 11.3 Å². The number of hydrogen-bond acceptors (Lipinski definition) is 4. The van der Waals surface area contributed by atoms with Crippen LogP contribution in [0.4, 0.5) is 19.1 Å². The van der Waals surface area contributed by atoms with Crippen LogP contribution in [-0.4, -0.2) is 15.0 Å². The molecule has 0 atom stereocenters. The van der Waals surface area contributed by atoms with Crippen molar-refractivity contribution in [1.29, 1.82) is 0 Å². The summed E-state index contributed by atoms with van der Waals surface area (Å²) in [5, 5.41) is 2.62. The van der Waals surface area contributed by atoms with Gasteiger partial charge in [0.1, 0.15) is 0 Å². The van der Waals surface area contributed by atoms with Gasteiger partial charge in [-0.2, -0.15) is 13.2 Å². The second kappa shape index (κ2) is 5.09. The fourth-order valence-corrected chi connectivity index (χ4v) is 1.37. The van der Waals surface area contributed by atoms with Gasteiger partial charge in [0.2, 0.25) is 5.95 Å². The molecule has 0 bridgehead atoms. The van der Waals surface area contributed by atoms with Gasteiger partial charge in [0.25, 0.3) is 5.56 Å². The number of nitrogens with one attached hydrogen (secondary N) is 2. The van der Waals surface area contributed by atoms with Gasteiger partial charge in [-0.05, 0) is 17.7 Å². The summed E-state index contributed by atoms with van der Waals surface area (Å²) in [5.41, 5.74) is -1.29. The predicted molar refractivity (Wildman–Crippen MR) is 61.4 cm³/mol. The van der Waals surface area contributed by atoms with Crippen molar-refractivity contribution in [3.05, 3.63) is 52.2 Å². The summed E-state index contributed by atoms with van der Waals surface area (Å²) in [7, 11) is 0. The minimum atomic E-state index is -4.65. The van der Waals surface area contributed by atoms with Crippen molar-refractivity contribution in [1.82, 2.24) is 15.0 Å². The van der Waals surface area contributed by atoms with Gasteiger partial charge in [0, 0.05) is 25.0 Å². The molecule has 5 nitrogen and oxygen atoms in total. The summed E-state index contributed by atoms with van der Waals surface area (Å²) in [6.45, 7) is 0.229. The van der Waals surface area contributed by atoms with Crippen LogP contribution in [0.5, 0.6) is 0 Å². The Labute approximate surface area is 105 Å². The molecule has 0 spiro atoms. The second-order valence-corrected chi connectivity index (χ2v) is 3.69. The molecule has 0 aromatic carbocycles. The van der Waals surface area contributed by atoms with Crippen LogP contribution < -0.4 is 10.9 Å². The van der Waals surface area contributed by atoms with Gasteiger partial charge in [-0.25, -0.2) is 4.98 Å². The maximum Gasteiger partial charge on any atom is 0.433 e. The van der Waals surface area contributed by atoms with Crippen molar-refractivity contribution in [2.45, 2.75) is 12.7 Å². The fourth-order valence-electron chi connectivity index (χ4n) is 1.37. The number of pyridine rings is 1. The Morgan fingerprint density at radius 3 is 2.58 bits per heavy atom. The molecule has 0 saturated heterocycles. The average molecular weight is 270 g/mol. The number of alkyl halides is 3. The zero-order valence-corrected chi connectivity index (χ0v) is 9.53. The largest absolute Gasteiger partial charge is 0.433 e. The first-order valence-corrected chi connectivity index (χ1v) is 5.26. The molecule has 0 amide bonds. The smallest absolute Gasteiger partial charge is 0.352 e. The van der Waals surface area contributed by atoms with Gasteiger partial charge in [-0.1, -0.05) is 0 Å². The van der Waals surface area contributed by atoms with Crippen molar-refractivity contribution in [3.63, 3.8) is 0 Å². The lowest BCUT2D eigenvalue weighted by molar-refractivity contribution is -0.141. The monoisotopic (exact) mass is 270 g/mol. The van der Waals surface area contributed by atoms with Gasteiger partial charge < -0.3 is 5.32 Å². The summed E-state index contributed by atoms with van der Waals surface area (Å²) in [4.78, 5) is 20.4. The van der Waals surface area contributed by atoms with Crippen LogP contribution in [-0.2, 0) is 12.7 Å². The minimum absolute atomic E-state index is 0.225. The number of aromatic nitrogens is 3. The highest BCUT2D eigenvalue weighted by Crippen LogP contribution is 2.26. The zero-order valence-electron chi connectivity index (χ0n) is 9.53. The Morgan fingerprint density at radius 1 is 1.26 bits per heavy atom. The standard InChI is InChI=1S/C11H9F3N4O/c12-11(13,14)8-5-9(19)18-10(17-8)16-6-7-1-3-15-4-2-7/h1-5H,6H2,(H2,16,17,18,19). The Bertz CT molecular complexity index is 609. The van der Waals surface area contributed by atoms with E-state index in [9.17, 15) is 18.0 Å². The highest BCUT2D eigenvalue weighted by Gasteiger charge is 2.33. The molecule has 8 heteroatoms. The third-order valence-corrected chi connectivity index (χ3v) is 2.24. The lowest BCUT2D eigenvalue weighted by Crippen LogP contribution is -2.18. The highest BCUT2D eigenvalue weighted by atomic mass is 19.4. The molecule has 2 aromatic heterocycles. The number of aromatic amines is 1. The van der Waals surface area contributed by atoms with Gasteiger partial charge in [-0.15, -0.1) is 0 Å². The van der Waals surface area contributed by atoms with E-state index in [1.807, 2.05) is 0 Å². The van der Waals surface area contributed by atoms with Crippen molar-refractivity contribution in [2.75, 3.05) is 5.32 Å². The topological polar surface area (TPSA) is 70.7 Å². The number of rotatable bonds is 3. The van der Waals surface area contributed by atoms with Gasteiger partial charge in [0.15, 0.2) is 5.69 Å². The molecule has 2 aromatic rings. The number of nitrogens with zero attached hydrogens (tertiary/aromatic N) is 2. The van der Waals surface area contributed by atoms with Crippen LogP contribution in [0.25, 0.3) is 0 Å². The highest BCUT2D eigenvalue weighted by molar-refractivity contribution is 5.28. The van der Waals surface area contributed by atoms with Crippen molar-refractivity contribution >= 4 is 5.95 Å². The molecular weight excluding hydrogens is 261 g/mol. The van der Waals surface area contributed by atoms with E-state index in [0.29, 0.717) is 6.07 Å². The number of hydrogen-bond donors (Lipinski definition) is 2. The number of anilines is 1. The molecule has 0 saturated carbocycles. The summed E-state index contributed by atoms with van der Waals surface area (Å²) < 4.78 is 37.4. The SMILES string of the molecule is O=c1cc(C(F)(F)F)nc(NCc2ccncc2)[nH]1. The third kappa shape index (κ3) is 3.54. The van der Waals surface area contributed by atoms with Crippen LogP contribution in [0.15, 0.2) is 35.4 Å². The molecule has 0 aliphatic heterocycles. The molecule has 0 aliphatic rings. The molecule has 0 aliphatic carbocycles. The molecule has 0 fully saturated rings. The Kier molecular flexibility index (Phi) is 3.50. The Morgan fingerprint density at radius 2 is 1.95 bits per heavy atom. The van der Waals surface area contributed by atoms with Gasteiger partial charge in [0.05, 0.1) is 0 Å². The first-order chi connectivity index (χ1) is 8.95. The van der Waals surface area contributed by atoms with E-state index >= 15 is 0 Å². The van der Waals surface area contributed by atoms with Crippen LogP contribution >= 0.6 is 0 Å². The van der Waals surface area contributed by atoms with E-state index < -0.39 is 17.4 Å². The summed E-state index contributed by atoms with van der Waals surface area (Å²) in [6, 6.07) is 3.80. The summed E-state index contributed by atoms with van der Waals surface area (Å²) >= 11 is 0. The maximum atomic E-state index is 12.5. The van der Waals surface area contributed by atoms with Gasteiger partial charge >= 0.3 is 6.18 Å². The lowest BCUT2D eigenvalue weighted by Gasteiger charge is -2.08. The number of H-pyrrole nitrogens is 1. The predicted octanol–water partition coefficient (Wildman–Crippen LogP) is 1.80. The van der Waals surface area contributed by atoms with E-state index in [1.54, 1.807) is 24.5 Å². The average Bonchev–Trinajstić information content (AvgIpc) is 2.36. The Hall–Kier alpha value is -2.38. The third-order valence-electron chi connectivity index (χ3n) is 2.24. The lowest BCUT2D eigenvalue weighted by atomic mass is 10.3. The molecule has 0 unspecified atom stereocenters. The van der Waals surface area contributed by atoms with Gasteiger partial charge in [-0.3, -0.25) is 14.8 Å². The molecule has 2 N–H and O–H groups in total. The van der Waals surface area contributed by atoms with Crippen LogP contribution in [0.2, 0.25) is 0 Å². The molecular formula is C11H9F3N4O. The normalized spacial score (nSPS) is 11.3. The first-order valence-electron chi connectivity index (χ1n) is 5.26. The number of halogens is 3. The van der Waals surface area contributed by atoms with E-state index in [1.165, 1.54) is 0 Å². The summed E-state index contributed by atoms with van der Waals surface area (Å²) in [6.07, 6.45) is -1.54. The van der Waals surface area contributed by atoms with E-state index in [-0.39, 0.29) is 12.5 Å². The van der Waals surface area contributed by atoms with Crippen molar-refractivity contribution in [3.8, 4) is 0 Å². The Balaban J connectivity index is 2.17. The molecule has 2 heterocycles. The van der Waals surface area contributed by atoms with E-state index in [4.69, 9.17) is 0 Å². The minimum Gasteiger partial charge on any atom is -0.352 e. The van der Waals surface area contributed by atoms with Crippen LogP contribution in [0.3, 0.4) is 0 Å². The molecule has 100 valence electrons. The molecule has 2 rings (SSSR count). The molecule has 0 radical (unpaired) electrons. The fraction of sp³-hybridized carbons (Fsp3) is 0.182. The van der Waals surface area contributed by atoms with E-state index in [2.05, 4.69) is 20.3 Å². The quantitative estimate of drug-likeness (QED) is 0.892. The van der Waals surface area contributed by atoms with Crippen LogP contribution in [0, 0.1) is 0 Å².